The second-order valence-electron chi connectivity index (χ2n) is 3.33. The molecule has 0 fully saturated rings. The Morgan fingerprint density at radius 2 is 1.80 bits per heavy atom. The molecule has 0 unspecified atom stereocenters. The summed E-state index contributed by atoms with van der Waals surface area (Å²) < 4.78 is 8.08. The van der Waals surface area contributed by atoms with Crippen molar-refractivity contribution in [1.29, 1.82) is 0 Å². The van der Waals surface area contributed by atoms with Crippen LogP contribution in [-0.4, -0.2) is 0 Å². The van der Waals surface area contributed by atoms with Crippen LogP contribution in [-0.2, 0) is 0 Å². The molecule has 3 heteroatoms. The van der Waals surface area contributed by atoms with E-state index in [1.165, 1.54) is 14.3 Å². The van der Waals surface area contributed by atoms with Gasteiger partial charge in [-0.2, -0.15) is 0 Å². The van der Waals surface area contributed by atoms with E-state index in [4.69, 9.17) is 4.42 Å². The molecule has 1 aromatic heterocycles. The van der Waals surface area contributed by atoms with Crippen molar-refractivity contribution < 1.29 is 4.42 Å². The second kappa shape index (κ2) is 3.49. The highest BCUT2D eigenvalue weighted by atomic mass is 127. The molecular formula is C12H6BrIO. The number of rotatable bonds is 0. The molecule has 0 radical (unpaired) electrons. The quantitative estimate of drug-likeness (QED) is 0.509. The van der Waals surface area contributed by atoms with E-state index >= 15 is 0 Å². The van der Waals surface area contributed by atoms with Crippen molar-refractivity contribution in [1.82, 2.24) is 0 Å². The molecule has 0 amide bonds. The van der Waals surface area contributed by atoms with E-state index in [0.717, 1.165) is 15.6 Å². The summed E-state index contributed by atoms with van der Waals surface area (Å²) in [6, 6.07) is 12.1. The normalized spacial score (nSPS) is 11.3. The Kier molecular flexibility index (Phi) is 2.25. The highest BCUT2D eigenvalue weighted by Crippen LogP contribution is 2.35. The zero-order valence-corrected chi connectivity index (χ0v) is 11.4. The first-order valence-electron chi connectivity index (χ1n) is 4.52. The smallest absolute Gasteiger partial charge is 0.136 e. The van der Waals surface area contributed by atoms with Crippen molar-refractivity contribution in [2.75, 3.05) is 0 Å². The third-order valence-corrected chi connectivity index (χ3v) is 4.96. The molecule has 3 rings (SSSR count). The Morgan fingerprint density at radius 3 is 2.67 bits per heavy atom. The molecule has 0 atom stereocenters. The molecule has 0 spiro atoms. The van der Waals surface area contributed by atoms with E-state index < -0.39 is 0 Å². The lowest BCUT2D eigenvalue weighted by molar-refractivity contribution is 0.669. The van der Waals surface area contributed by atoms with Crippen LogP contribution in [0.5, 0.6) is 0 Å². The van der Waals surface area contributed by atoms with Crippen molar-refractivity contribution in [2.45, 2.75) is 0 Å². The predicted molar refractivity (Wildman–Crippen MR) is 74.1 cm³/mol. The zero-order chi connectivity index (χ0) is 10.4. The Hall–Kier alpha value is -0.550. The number of halogens is 2. The monoisotopic (exact) mass is 372 g/mol. The van der Waals surface area contributed by atoms with Gasteiger partial charge in [-0.1, -0.05) is 18.2 Å². The van der Waals surface area contributed by atoms with Gasteiger partial charge in [-0.25, -0.2) is 0 Å². The molecule has 0 N–H and O–H groups in total. The molecule has 0 aliphatic carbocycles. The topological polar surface area (TPSA) is 13.1 Å². The van der Waals surface area contributed by atoms with Gasteiger partial charge in [0.15, 0.2) is 0 Å². The molecule has 0 aliphatic rings. The van der Waals surface area contributed by atoms with E-state index in [-0.39, 0.29) is 0 Å². The molecule has 0 bridgehead atoms. The minimum Gasteiger partial charge on any atom is -0.456 e. The summed E-state index contributed by atoms with van der Waals surface area (Å²) in [4.78, 5) is 0. The standard InChI is InChI=1S/C12H6BrIO/c13-8-5-6-10-11(12(8)14)7-3-1-2-4-9(7)15-10/h1-6H. The van der Waals surface area contributed by atoms with Crippen molar-refractivity contribution >= 4 is 60.5 Å². The molecule has 15 heavy (non-hydrogen) atoms. The number of hydrogen-bond acceptors (Lipinski definition) is 1. The maximum Gasteiger partial charge on any atom is 0.136 e. The summed E-state index contributed by atoms with van der Waals surface area (Å²) in [5, 5.41) is 2.37. The first-order chi connectivity index (χ1) is 7.27. The van der Waals surface area contributed by atoms with Crippen LogP contribution in [0.1, 0.15) is 0 Å². The molecular weight excluding hydrogens is 367 g/mol. The number of benzene rings is 2. The third kappa shape index (κ3) is 1.40. The van der Waals surface area contributed by atoms with Crippen LogP contribution in [0, 0.1) is 3.57 Å². The summed E-state index contributed by atoms with van der Waals surface area (Å²) in [6.45, 7) is 0. The van der Waals surface area contributed by atoms with Crippen LogP contribution in [0.15, 0.2) is 45.3 Å². The maximum atomic E-state index is 5.76. The van der Waals surface area contributed by atoms with Gasteiger partial charge in [0, 0.05) is 18.8 Å². The number of furan rings is 1. The number of hydrogen-bond donors (Lipinski definition) is 0. The van der Waals surface area contributed by atoms with Gasteiger partial charge in [-0.15, -0.1) is 0 Å². The molecule has 3 aromatic rings. The molecule has 0 saturated carbocycles. The van der Waals surface area contributed by atoms with Crippen LogP contribution >= 0.6 is 38.5 Å². The Balaban J connectivity index is 2.63. The molecule has 74 valence electrons. The van der Waals surface area contributed by atoms with Gasteiger partial charge in [0.25, 0.3) is 0 Å². The average Bonchev–Trinajstić information content (AvgIpc) is 2.62. The Labute approximate surface area is 109 Å². The van der Waals surface area contributed by atoms with Crippen molar-refractivity contribution in [2.24, 2.45) is 0 Å². The summed E-state index contributed by atoms with van der Waals surface area (Å²) in [7, 11) is 0. The van der Waals surface area contributed by atoms with Crippen LogP contribution in [0.4, 0.5) is 0 Å². The SMILES string of the molecule is Brc1ccc2oc3ccccc3c2c1I. The first-order valence-corrected chi connectivity index (χ1v) is 6.40. The average molecular weight is 373 g/mol. The second-order valence-corrected chi connectivity index (χ2v) is 5.27. The predicted octanol–water partition coefficient (Wildman–Crippen LogP) is 4.95. The van der Waals surface area contributed by atoms with Gasteiger partial charge in [0.1, 0.15) is 11.2 Å². The molecule has 0 saturated heterocycles. The van der Waals surface area contributed by atoms with Crippen molar-refractivity contribution in [3.05, 3.63) is 44.4 Å². The van der Waals surface area contributed by atoms with E-state index in [0.29, 0.717) is 0 Å². The van der Waals surface area contributed by atoms with Crippen LogP contribution in [0.25, 0.3) is 21.9 Å². The van der Waals surface area contributed by atoms with Gasteiger partial charge >= 0.3 is 0 Å². The van der Waals surface area contributed by atoms with Crippen LogP contribution in [0.3, 0.4) is 0 Å². The highest BCUT2D eigenvalue weighted by Gasteiger charge is 2.10. The van der Waals surface area contributed by atoms with Gasteiger partial charge in [-0.3, -0.25) is 0 Å². The number of para-hydroxylation sites is 1. The maximum absolute atomic E-state index is 5.76. The van der Waals surface area contributed by atoms with Gasteiger partial charge < -0.3 is 4.42 Å². The van der Waals surface area contributed by atoms with E-state index in [2.05, 4.69) is 44.6 Å². The van der Waals surface area contributed by atoms with E-state index in [9.17, 15) is 0 Å². The minimum atomic E-state index is 0.948. The lowest BCUT2D eigenvalue weighted by Crippen LogP contribution is -1.75. The number of fused-ring (bicyclic) bond motifs is 3. The Bertz CT molecular complexity index is 657. The fraction of sp³-hybridized carbons (Fsp3) is 0. The summed E-state index contributed by atoms with van der Waals surface area (Å²) in [5.41, 5.74) is 1.90. The minimum absolute atomic E-state index is 0.948. The third-order valence-electron chi connectivity index (χ3n) is 2.43. The van der Waals surface area contributed by atoms with E-state index in [1.807, 2.05) is 30.3 Å². The molecule has 2 aromatic carbocycles. The lowest BCUT2D eigenvalue weighted by atomic mass is 10.2. The van der Waals surface area contributed by atoms with Gasteiger partial charge in [0.2, 0.25) is 0 Å². The van der Waals surface area contributed by atoms with Gasteiger partial charge in [0.05, 0.1) is 0 Å². The summed E-state index contributed by atoms with van der Waals surface area (Å²) in [6.07, 6.45) is 0. The van der Waals surface area contributed by atoms with E-state index in [1.54, 1.807) is 0 Å². The molecule has 1 nitrogen and oxygen atoms in total. The molecule has 1 heterocycles. The zero-order valence-electron chi connectivity index (χ0n) is 7.63. The molecule has 0 aliphatic heterocycles. The first kappa shape index (κ1) is 9.66. The summed E-state index contributed by atoms with van der Waals surface area (Å²) in [5.74, 6) is 0. The Morgan fingerprint density at radius 1 is 1.00 bits per heavy atom. The van der Waals surface area contributed by atoms with Crippen molar-refractivity contribution in [3.8, 4) is 0 Å². The fourth-order valence-corrected chi connectivity index (χ4v) is 2.82. The summed E-state index contributed by atoms with van der Waals surface area (Å²) >= 11 is 5.88. The van der Waals surface area contributed by atoms with Crippen LogP contribution in [0.2, 0.25) is 0 Å². The largest absolute Gasteiger partial charge is 0.456 e. The van der Waals surface area contributed by atoms with Crippen molar-refractivity contribution in [3.63, 3.8) is 0 Å². The highest BCUT2D eigenvalue weighted by molar-refractivity contribution is 14.1. The fourth-order valence-electron chi connectivity index (χ4n) is 1.75. The van der Waals surface area contributed by atoms with Gasteiger partial charge in [-0.05, 0) is 56.7 Å². The van der Waals surface area contributed by atoms with Crippen LogP contribution < -0.4 is 0 Å². The lowest BCUT2D eigenvalue weighted by Gasteiger charge is -1.96.